The van der Waals surface area contributed by atoms with Crippen LogP contribution in [0.3, 0.4) is 0 Å². The van der Waals surface area contributed by atoms with E-state index in [1.807, 2.05) is 0 Å². The summed E-state index contributed by atoms with van der Waals surface area (Å²) in [6.07, 6.45) is 15.0. The molecule has 0 heterocycles. The van der Waals surface area contributed by atoms with Crippen molar-refractivity contribution in [3.8, 4) is 0 Å². The molecule has 0 aliphatic heterocycles. The Morgan fingerprint density at radius 1 is 0.654 bits per heavy atom. The van der Waals surface area contributed by atoms with E-state index in [1.165, 1.54) is 57.8 Å². The normalized spacial score (nSPS) is 12.0. The van der Waals surface area contributed by atoms with Gasteiger partial charge in [0.2, 0.25) is 11.8 Å². The smallest absolute Gasteiger partial charge is 0.220 e. The molecule has 0 radical (unpaired) electrons. The van der Waals surface area contributed by atoms with Crippen LogP contribution in [0.15, 0.2) is 0 Å². The Morgan fingerprint density at radius 3 is 1.73 bits per heavy atom. The van der Waals surface area contributed by atoms with Crippen molar-refractivity contribution in [1.82, 2.24) is 10.6 Å². The topological polar surface area (TPSA) is 58.2 Å². The molecular formula is C22H44N2O2. The maximum atomic E-state index is 11.8. The summed E-state index contributed by atoms with van der Waals surface area (Å²) >= 11 is 0. The van der Waals surface area contributed by atoms with Crippen molar-refractivity contribution >= 4 is 11.8 Å². The number of rotatable bonds is 18. The first-order valence-corrected chi connectivity index (χ1v) is 11.1. The summed E-state index contributed by atoms with van der Waals surface area (Å²) in [5.74, 6) is 1.01. The van der Waals surface area contributed by atoms with Crippen LogP contribution < -0.4 is 10.6 Å². The van der Waals surface area contributed by atoms with Gasteiger partial charge in [0.25, 0.3) is 0 Å². The van der Waals surface area contributed by atoms with Gasteiger partial charge in [-0.05, 0) is 25.2 Å². The fourth-order valence-corrected chi connectivity index (χ4v) is 3.20. The minimum absolute atomic E-state index is 0.0756. The van der Waals surface area contributed by atoms with Gasteiger partial charge in [-0.15, -0.1) is 0 Å². The highest BCUT2D eigenvalue weighted by atomic mass is 16.2. The van der Waals surface area contributed by atoms with Crippen LogP contribution in [0.4, 0.5) is 0 Å². The Labute approximate surface area is 162 Å². The number of nitrogens with one attached hydrogen (secondary N) is 2. The summed E-state index contributed by atoms with van der Waals surface area (Å²) < 4.78 is 0. The second-order valence-electron chi connectivity index (χ2n) is 7.71. The van der Waals surface area contributed by atoms with Gasteiger partial charge in [0, 0.05) is 25.9 Å². The van der Waals surface area contributed by atoms with Crippen molar-refractivity contribution in [2.45, 2.75) is 111 Å². The van der Waals surface area contributed by atoms with Gasteiger partial charge in [-0.3, -0.25) is 9.59 Å². The van der Waals surface area contributed by atoms with Gasteiger partial charge in [-0.25, -0.2) is 0 Å². The number of carbonyl (C=O) groups excluding carboxylic acids is 2. The lowest BCUT2D eigenvalue weighted by Crippen LogP contribution is -2.26. The van der Waals surface area contributed by atoms with E-state index in [1.54, 1.807) is 0 Å². The SMILES string of the molecule is CCCCCCNC(=O)CCCC(=O)NCCCCCCC(C)CCC. The molecule has 0 aromatic heterocycles. The first-order chi connectivity index (χ1) is 12.6. The maximum Gasteiger partial charge on any atom is 0.220 e. The summed E-state index contributed by atoms with van der Waals surface area (Å²) in [7, 11) is 0. The monoisotopic (exact) mass is 368 g/mol. The van der Waals surface area contributed by atoms with Gasteiger partial charge in [0.15, 0.2) is 0 Å². The van der Waals surface area contributed by atoms with E-state index in [0.717, 1.165) is 31.8 Å². The number of hydrogen-bond donors (Lipinski definition) is 2. The van der Waals surface area contributed by atoms with Crippen molar-refractivity contribution in [1.29, 1.82) is 0 Å². The number of hydrogen-bond acceptors (Lipinski definition) is 2. The summed E-state index contributed by atoms with van der Waals surface area (Å²) in [4.78, 5) is 23.4. The Balaban J connectivity index is 3.37. The van der Waals surface area contributed by atoms with Crippen LogP contribution in [0.5, 0.6) is 0 Å². The molecule has 0 aliphatic carbocycles. The van der Waals surface area contributed by atoms with E-state index in [2.05, 4.69) is 31.4 Å². The van der Waals surface area contributed by atoms with Gasteiger partial charge in [0.1, 0.15) is 0 Å². The summed E-state index contributed by atoms with van der Waals surface area (Å²) in [5, 5.41) is 5.90. The summed E-state index contributed by atoms with van der Waals surface area (Å²) in [6.45, 7) is 8.31. The lowest BCUT2D eigenvalue weighted by atomic mass is 9.98. The average molecular weight is 369 g/mol. The second kappa shape index (κ2) is 18.7. The minimum atomic E-state index is 0.0756. The molecule has 0 fully saturated rings. The largest absolute Gasteiger partial charge is 0.356 e. The van der Waals surface area contributed by atoms with E-state index in [9.17, 15) is 9.59 Å². The van der Waals surface area contributed by atoms with Crippen LogP contribution in [-0.2, 0) is 9.59 Å². The fourth-order valence-electron chi connectivity index (χ4n) is 3.20. The Kier molecular flexibility index (Phi) is 18.0. The molecule has 154 valence electrons. The molecule has 2 amide bonds. The fraction of sp³-hybridized carbons (Fsp3) is 0.909. The molecule has 2 N–H and O–H groups in total. The van der Waals surface area contributed by atoms with E-state index in [0.29, 0.717) is 19.3 Å². The molecule has 0 saturated carbocycles. The van der Waals surface area contributed by atoms with Crippen LogP contribution in [0, 0.1) is 5.92 Å². The third-order valence-electron chi connectivity index (χ3n) is 4.89. The molecule has 0 bridgehead atoms. The predicted molar refractivity (Wildman–Crippen MR) is 111 cm³/mol. The highest BCUT2D eigenvalue weighted by molar-refractivity contribution is 5.78. The van der Waals surface area contributed by atoms with Gasteiger partial charge < -0.3 is 10.6 Å². The molecule has 0 saturated heterocycles. The number of unbranched alkanes of at least 4 members (excludes halogenated alkanes) is 6. The van der Waals surface area contributed by atoms with Crippen LogP contribution in [0.25, 0.3) is 0 Å². The highest BCUT2D eigenvalue weighted by Crippen LogP contribution is 2.14. The van der Waals surface area contributed by atoms with Gasteiger partial charge in [-0.1, -0.05) is 78.6 Å². The first kappa shape index (κ1) is 24.9. The van der Waals surface area contributed by atoms with E-state index < -0.39 is 0 Å². The van der Waals surface area contributed by atoms with Gasteiger partial charge in [-0.2, -0.15) is 0 Å². The Hall–Kier alpha value is -1.06. The second-order valence-corrected chi connectivity index (χ2v) is 7.71. The van der Waals surface area contributed by atoms with Crippen LogP contribution >= 0.6 is 0 Å². The van der Waals surface area contributed by atoms with Gasteiger partial charge >= 0.3 is 0 Å². The molecule has 1 atom stereocenters. The lowest BCUT2D eigenvalue weighted by Gasteiger charge is -2.09. The van der Waals surface area contributed by atoms with Gasteiger partial charge in [0.05, 0.1) is 0 Å². The quantitative estimate of drug-likeness (QED) is 0.320. The molecular weight excluding hydrogens is 324 g/mol. The Bertz CT molecular complexity index is 345. The molecule has 0 aromatic rings. The van der Waals surface area contributed by atoms with E-state index >= 15 is 0 Å². The molecule has 26 heavy (non-hydrogen) atoms. The van der Waals surface area contributed by atoms with Crippen LogP contribution in [0.1, 0.15) is 111 Å². The van der Waals surface area contributed by atoms with Crippen LogP contribution in [-0.4, -0.2) is 24.9 Å². The summed E-state index contributed by atoms with van der Waals surface area (Å²) in [6, 6.07) is 0. The molecule has 4 heteroatoms. The number of carbonyl (C=O) groups is 2. The van der Waals surface area contributed by atoms with Crippen molar-refractivity contribution < 1.29 is 9.59 Å². The Morgan fingerprint density at radius 2 is 1.19 bits per heavy atom. The highest BCUT2D eigenvalue weighted by Gasteiger charge is 2.05. The van der Waals surface area contributed by atoms with Crippen molar-refractivity contribution in [2.24, 2.45) is 5.92 Å². The third-order valence-corrected chi connectivity index (χ3v) is 4.89. The summed E-state index contributed by atoms with van der Waals surface area (Å²) in [5.41, 5.74) is 0. The predicted octanol–water partition coefficient (Wildman–Crippen LogP) is 5.36. The van der Waals surface area contributed by atoms with Crippen LogP contribution in [0.2, 0.25) is 0 Å². The molecule has 0 spiro atoms. The molecule has 0 rings (SSSR count). The zero-order valence-corrected chi connectivity index (χ0v) is 17.7. The lowest BCUT2D eigenvalue weighted by molar-refractivity contribution is -0.122. The van der Waals surface area contributed by atoms with E-state index in [4.69, 9.17) is 0 Å². The van der Waals surface area contributed by atoms with E-state index in [-0.39, 0.29) is 11.8 Å². The van der Waals surface area contributed by atoms with Crippen molar-refractivity contribution in [2.75, 3.05) is 13.1 Å². The average Bonchev–Trinajstić information content (AvgIpc) is 2.61. The zero-order chi connectivity index (χ0) is 19.5. The van der Waals surface area contributed by atoms with Crippen molar-refractivity contribution in [3.63, 3.8) is 0 Å². The molecule has 0 aromatic carbocycles. The molecule has 4 nitrogen and oxygen atoms in total. The maximum absolute atomic E-state index is 11.8. The molecule has 0 aliphatic rings. The first-order valence-electron chi connectivity index (χ1n) is 11.1. The third kappa shape index (κ3) is 17.8. The van der Waals surface area contributed by atoms with Crippen molar-refractivity contribution in [3.05, 3.63) is 0 Å². The minimum Gasteiger partial charge on any atom is -0.356 e. The standard InChI is InChI=1S/C22H44N2O2/c1-4-6-7-11-18-23-21(25)16-13-17-22(26)24-19-12-9-8-10-15-20(3)14-5-2/h20H,4-19H2,1-3H3,(H,23,25)(H,24,26). The zero-order valence-electron chi connectivity index (χ0n) is 17.7. The number of amides is 2. The molecule has 1 unspecified atom stereocenters.